The van der Waals surface area contributed by atoms with E-state index in [4.69, 9.17) is 4.43 Å². The van der Waals surface area contributed by atoms with Gasteiger partial charge in [-0.25, -0.2) is 0 Å². The largest absolute Gasteiger partial charge is 0.417 e. The van der Waals surface area contributed by atoms with Gasteiger partial charge in [-0.15, -0.1) is 0 Å². The van der Waals surface area contributed by atoms with Gasteiger partial charge in [-0.3, -0.25) is 4.79 Å². The molecule has 0 unspecified atom stereocenters. The highest BCUT2D eigenvalue weighted by Crippen LogP contribution is 2.67. The Balaban J connectivity index is 1.79. The Labute approximate surface area is 104 Å². The Hall–Kier alpha value is -0.413. The smallest absolute Gasteiger partial charge is 0.187 e. The van der Waals surface area contributed by atoms with Gasteiger partial charge in [0.1, 0.15) is 5.78 Å². The van der Waals surface area contributed by atoms with Gasteiger partial charge < -0.3 is 4.43 Å². The molecule has 92 valence electrons. The Morgan fingerprint density at radius 3 is 3.06 bits per heavy atom. The monoisotopic (exact) mass is 248 g/mol. The molecule has 0 N–H and O–H groups in total. The van der Waals surface area contributed by atoms with E-state index in [1.165, 1.54) is 12.5 Å². The molecule has 0 amide bonds. The minimum absolute atomic E-state index is 0.221. The van der Waals surface area contributed by atoms with E-state index in [9.17, 15) is 4.79 Å². The van der Waals surface area contributed by atoms with E-state index in [1.54, 1.807) is 0 Å². The summed E-state index contributed by atoms with van der Waals surface area (Å²) in [5.74, 6) is 2.67. The number of rotatable bonds is 0. The summed E-state index contributed by atoms with van der Waals surface area (Å²) in [4.78, 5) is 12.3. The Morgan fingerprint density at radius 1 is 1.41 bits per heavy atom. The highest BCUT2D eigenvalue weighted by atomic mass is 28.4. The van der Waals surface area contributed by atoms with E-state index in [1.807, 2.05) is 0 Å². The highest BCUT2D eigenvalue weighted by molar-refractivity contribution is 6.71. The summed E-state index contributed by atoms with van der Waals surface area (Å²) >= 11 is 0. The van der Waals surface area contributed by atoms with Crippen molar-refractivity contribution in [3.8, 4) is 0 Å². The molecule has 2 bridgehead atoms. The van der Waals surface area contributed by atoms with Crippen molar-refractivity contribution in [2.45, 2.75) is 32.0 Å². The first-order valence-electron chi connectivity index (χ1n) is 6.88. The van der Waals surface area contributed by atoms with Crippen molar-refractivity contribution in [2.24, 2.45) is 29.1 Å². The van der Waals surface area contributed by atoms with Crippen LogP contribution in [0.3, 0.4) is 0 Å². The molecule has 3 fully saturated rings. The van der Waals surface area contributed by atoms with Crippen LogP contribution in [-0.2, 0) is 9.22 Å². The van der Waals surface area contributed by atoms with Crippen LogP contribution in [0, 0.1) is 29.1 Å². The van der Waals surface area contributed by atoms with Gasteiger partial charge in [-0.1, -0.05) is 12.2 Å². The average Bonchev–Trinajstić information content (AvgIpc) is 2.87. The third kappa shape index (κ3) is 1.12. The van der Waals surface area contributed by atoms with Crippen molar-refractivity contribution >= 4 is 14.1 Å². The van der Waals surface area contributed by atoms with Gasteiger partial charge in [0, 0.05) is 24.4 Å². The number of ketones is 1. The number of hydrogen-bond donors (Lipinski definition) is 0. The molecule has 2 nitrogen and oxygen atoms in total. The van der Waals surface area contributed by atoms with Gasteiger partial charge in [0.2, 0.25) is 0 Å². The Bertz CT molecular complexity index is 428. The second-order valence-electron chi connectivity index (χ2n) is 7.10. The van der Waals surface area contributed by atoms with E-state index in [0.29, 0.717) is 29.5 Å². The van der Waals surface area contributed by atoms with Crippen LogP contribution in [0.5, 0.6) is 0 Å². The first-order valence-corrected chi connectivity index (χ1v) is 9.99. The number of Topliss-reactive ketones (excluding diaryl/α,β-unsaturated/α-hetero) is 1. The van der Waals surface area contributed by atoms with Crippen LogP contribution in [0.15, 0.2) is 12.2 Å². The third-order valence-electron chi connectivity index (χ3n) is 5.82. The molecule has 4 aliphatic rings. The first kappa shape index (κ1) is 10.5. The van der Waals surface area contributed by atoms with Gasteiger partial charge in [0.15, 0.2) is 8.32 Å². The van der Waals surface area contributed by atoms with Gasteiger partial charge in [0.05, 0.1) is 0 Å². The molecule has 0 radical (unpaired) electrons. The zero-order chi connectivity index (χ0) is 11.8. The molecule has 3 heteroatoms. The second-order valence-corrected chi connectivity index (χ2v) is 11.3. The molecule has 5 atom stereocenters. The fourth-order valence-corrected chi connectivity index (χ4v) is 7.68. The van der Waals surface area contributed by atoms with Crippen LogP contribution in [0.2, 0.25) is 19.1 Å². The van der Waals surface area contributed by atoms with E-state index < -0.39 is 8.32 Å². The maximum atomic E-state index is 12.3. The van der Waals surface area contributed by atoms with Crippen LogP contribution in [0.25, 0.3) is 0 Å². The zero-order valence-corrected chi connectivity index (χ0v) is 11.6. The van der Waals surface area contributed by atoms with Crippen molar-refractivity contribution in [3.63, 3.8) is 0 Å². The zero-order valence-electron chi connectivity index (χ0n) is 10.6. The maximum Gasteiger partial charge on any atom is 0.187 e. The number of allylic oxidation sites excluding steroid dienone is 2. The van der Waals surface area contributed by atoms with Gasteiger partial charge in [0.25, 0.3) is 0 Å². The first-order chi connectivity index (χ1) is 8.03. The van der Waals surface area contributed by atoms with Gasteiger partial charge in [-0.2, -0.15) is 0 Å². The molecule has 3 aliphatic carbocycles. The molecular weight excluding hydrogens is 228 g/mol. The molecular formula is C14H20O2Si. The number of carbonyl (C=O) groups is 1. The molecule has 1 saturated heterocycles. The number of fused-ring (bicyclic) bond motifs is 3. The summed E-state index contributed by atoms with van der Waals surface area (Å²) in [6.07, 6.45) is 6.76. The summed E-state index contributed by atoms with van der Waals surface area (Å²) in [6.45, 7) is 5.49. The Morgan fingerprint density at radius 2 is 2.24 bits per heavy atom. The van der Waals surface area contributed by atoms with Crippen LogP contribution in [0.1, 0.15) is 12.8 Å². The fraction of sp³-hybridized carbons (Fsp3) is 0.786. The quantitative estimate of drug-likeness (QED) is 0.486. The molecule has 0 aromatic carbocycles. The summed E-state index contributed by atoms with van der Waals surface area (Å²) < 4.78 is 6.24. The van der Waals surface area contributed by atoms with E-state index in [-0.39, 0.29) is 5.41 Å². The topological polar surface area (TPSA) is 26.3 Å². The Kier molecular flexibility index (Phi) is 1.82. The molecule has 1 aliphatic heterocycles. The van der Waals surface area contributed by atoms with Crippen molar-refractivity contribution in [3.05, 3.63) is 12.2 Å². The normalized spacial score (nSPS) is 53.9. The SMILES string of the molecule is C[Si]1(C)C[C@H]2CC(=O)[C@@H]3[C@@H]4C=C[C@@H](C4)[C@]23CO1. The van der Waals surface area contributed by atoms with Crippen molar-refractivity contribution < 1.29 is 9.22 Å². The van der Waals surface area contributed by atoms with Crippen molar-refractivity contribution in [1.82, 2.24) is 0 Å². The van der Waals surface area contributed by atoms with E-state index >= 15 is 0 Å². The van der Waals surface area contributed by atoms with Crippen LogP contribution < -0.4 is 0 Å². The molecule has 17 heavy (non-hydrogen) atoms. The minimum atomic E-state index is -1.47. The number of carbonyl (C=O) groups excluding carboxylic acids is 1. The van der Waals surface area contributed by atoms with E-state index in [0.717, 1.165) is 13.0 Å². The predicted molar refractivity (Wildman–Crippen MR) is 68.0 cm³/mol. The fourth-order valence-electron chi connectivity index (χ4n) is 5.21. The highest BCUT2D eigenvalue weighted by Gasteiger charge is 2.68. The standard InChI is InChI=1S/C14H20O2Si/c1-17(2)7-11-6-12(15)13-9-3-4-10(5-9)14(11,13)8-16-17/h3-4,9-11,13H,5-8H2,1-2H3/t9-,10+,11-,13+,14-/m1/s1. The summed E-state index contributed by atoms with van der Waals surface area (Å²) in [5, 5.41) is 0. The molecule has 0 aromatic rings. The molecule has 1 heterocycles. The van der Waals surface area contributed by atoms with Crippen molar-refractivity contribution in [1.29, 1.82) is 0 Å². The van der Waals surface area contributed by atoms with Crippen LogP contribution in [0.4, 0.5) is 0 Å². The lowest BCUT2D eigenvalue weighted by Gasteiger charge is -2.48. The molecule has 0 aromatic heterocycles. The maximum absolute atomic E-state index is 12.3. The predicted octanol–water partition coefficient (Wildman–Crippen LogP) is 2.62. The van der Waals surface area contributed by atoms with Crippen LogP contribution in [-0.4, -0.2) is 20.7 Å². The van der Waals surface area contributed by atoms with Gasteiger partial charge >= 0.3 is 0 Å². The lowest BCUT2D eigenvalue weighted by Crippen LogP contribution is -2.52. The molecule has 2 saturated carbocycles. The van der Waals surface area contributed by atoms with Gasteiger partial charge in [-0.05, 0) is 43.3 Å². The second kappa shape index (κ2) is 2.94. The molecule has 1 spiro atoms. The van der Waals surface area contributed by atoms with E-state index in [2.05, 4.69) is 25.2 Å². The summed E-state index contributed by atoms with van der Waals surface area (Å²) in [7, 11) is -1.47. The molecule has 4 rings (SSSR count). The summed E-state index contributed by atoms with van der Waals surface area (Å²) in [5.41, 5.74) is 0.221. The number of hydrogen-bond acceptors (Lipinski definition) is 2. The van der Waals surface area contributed by atoms with Crippen LogP contribution >= 0.6 is 0 Å². The third-order valence-corrected chi connectivity index (χ3v) is 8.22. The lowest BCUT2D eigenvalue weighted by molar-refractivity contribution is -0.123. The van der Waals surface area contributed by atoms with Crippen molar-refractivity contribution in [2.75, 3.05) is 6.61 Å². The average molecular weight is 248 g/mol. The minimum Gasteiger partial charge on any atom is -0.417 e. The lowest BCUT2D eigenvalue weighted by atomic mass is 9.66. The summed E-state index contributed by atoms with van der Waals surface area (Å²) in [6, 6.07) is 1.20.